The van der Waals surface area contributed by atoms with Gasteiger partial charge in [-0.25, -0.2) is 0 Å². The highest BCUT2D eigenvalue weighted by Gasteiger charge is 2.19. The van der Waals surface area contributed by atoms with Crippen LogP contribution in [0.4, 0.5) is 0 Å². The van der Waals surface area contributed by atoms with E-state index in [0.717, 1.165) is 30.5 Å². The number of aromatic hydroxyl groups is 1. The van der Waals surface area contributed by atoms with Crippen LogP contribution < -0.4 is 0 Å². The molecule has 1 N–H and O–H groups in total. The van der Waals surface area contributed by atoms with E-state index in [1.165, 1.54) is 26.2 Å². The molecule has 1 fully saturated rings. The Labute approximate surface area is 129 Å². The van der Waals surface area contributed by atoms with Gasteiger partial charge in [-0.1, -0.05) is 39.0 Å². The minimum absolute atomic E-state index is 0.00243. The summed E-state index contributed by atoms with van der Waals surface area (Å²) in [6.07, 6.45) is 2.08. The molecule has 1 aliphatic rings. The van der Waals surface area contributed by atoms with Crippen LogP contribution >= 0.6 is 0 Å². The Kier molecular flexibility index (Phi) is 5.28. The molecule has 1 aromatic carbocycles. The minimum Gasteiger partial charge on any atom is -0.507 e. The van der Waals surface area contributed by atoms with Crippen molar-refractivity contribution in [2.24, 2.45) is 0 Å². The highest BCUT2D eigenvalue weighted by Crippen LogP contribution is 2.33. The maximum absolute atomic E-state index is 10.5. The first kappa shape index (κ1) is 16.3. The van der Waals surface area contributed by atoms with Gasteiger partial charge in [0, 0.05) is 26.2 Å². The highest BCUT2D eigenvalue weighted by atomic mass is 16.3. The molecular formula is C18H30N2O. The number of piperazine rings is 1. The molecule has 1 heterocycles. The summed E-state index contributed by atoms with van der Waals surface area (Å²) in [5.74, 6) is 0.503. The lowest BCUT2D eigenvalue weighted by Gasteiger charge is -2.32. The predicted octanol–water partition coefficient (Wildman–Crippen LogP) is 2.87. The Balaban J connectivity index is 1.89. The van der Waals surface area contributed by atoms with Gasteiger partial charge in [0.05, 0.1) is 0 Å². The number of phenols is 1. The molecular weight excluding hydrogens is 260 g/mol. The topological polar surface area (TPSA) is 26.7 Å². The fourth-order valence-electron chi connectivity index (χ4n) is 2.96. The number of phenolic OH excluding ortho intramolecular Hbond substituents is 1. The van der Waals surface area contributed by atoms with Crippen LogP contribution in [0.15, 0.2) is 18.2 Å². The molecule has 0 saturated carbocycles. The van der Waals surface area contributed by atoms with Crippen LogP contribution in [-0.4, -0.2) is 54.7 Å². The molecule has 2 rings (SSSR count). The van der Waals surface area contributed by atoms with Crippen molar-refractivity contribution >= 4 is 0 Å². The van der Waals surface area contributed by atoms with E-state index in [-0.39, 0.29) is 5.41 Å². The fourth-order valence-corrected chi connectivity index (χ4v) is 2.96. The second kappa shape index (κ2) is 6.80. The molecule has 3 nitrogen and oxygen atoms in total. The summed E-state index contributed by atoms with van der Waals surface area (Å²) in [5, 5.41) is 10.5. The lowest BCUT2D eigenvalue weighted by atomic mass is 9.85. The van der Waals surface area contributed by atoms with Gasteiger partial charge in [-0.05, 0) is 43.0 Å². The van der Waals surface area contributed by atoms with Gasteiger partial charge in [0.2, 0.25) is 0 Å². The number of hydrogen-bond acceptors (Lipinski definition) is 3. The molecule has 0 atom stereocenters. The zero-order valence-electron chi connectivity index (χ0n) is 14.0. The van der Waals surface area contributed by atoms with Crippen molar-refractivity contribution in [1.29, 1.82) is 0 Å². The smallest absolute Gasteiger partial charge is 0.122 e. The number of hydrogen-bond donors (Lipinski definition) is 1. The summed E-state index contributed by atoms with van der Waals surface area (Å²) in [6, 6.07) is 6.18. The van der Waals surface area contributed by atoms with Crippen molar-refractivity contribution < 1.29 is 5.11 Å². The van der Waals surface area contributed by atoms with Crippen LogP contribution in [0.2, 0.25) is 0 Å². The Hall–Kier alpha value is -1.06. The summed E-state index contributed by atoms with van der Waals surface area (Å²) >= 11 is 0. The van der Waals surface area contributed by atoms with Gasteiger partial charge in [0.1, 0.15) is 5.75 Å². The maximum Gasteiger partial charge on any atom is 0.122 e. The molecule has 0 aliphatic carbocycles. The van der Waals surface area contributed by atoms with Gasteiger partial charge in [0.15, 0.2) is 0 Å². The summed E-state index contributed by atoms with van der Waals surface area (Å²) < 4.78 is 0. The first-order chi connectivity index (χ1) is 9.88. The summed E-state index contributed by atoms with van der Waals surface area (Å²) in [4.78, 5) is 4.92. The monoisotopic (exact) mass is 290 g/mol. The Bertz CT molecular complexity index is 457. The molecule has 0 radical (unpaired) electrons. The number of aryl methyl sites for hydroxylation is 1. The number of nitrogens with zero attached hydrogens (tertiary/aromatic N) is 2. The highest BCUT2D eigenvalue weighted by molar-refractivity contribution is 5.44. The van der Waals surface area contributed by atoms with Gasteiger partial charge in [-0.15, -0.1) is 0 Å². The number of rotatable bonds is 4. The largest absolute Gasteiger partial charge is 0.507 e. The molecule has 0 spiro atoms. The van der Waals surface area contributed by atoms with E-state index in [4.69, 9.17) is 0 Å². The average Bonchev–Trinajstić information content (AvgIpc) is 2.41. The normalized spacial score (nSPS) is 18.1. The van der Waals surface area contributed by atoms with Crippen molar-refractivity contribution in [2.45, 2.75) is 39.0 Å². The first-order valence-electron chi connectivity index (χ1n) is 8.10. The summed E-state index contributed by atoms with van der Waals surface area (Å²) in [6.45, 7) is 12.3. The van der Waals surface area contributed by atoms with E-state index in [2.05, 4.69) is 49.8 Å². The third kappa shape index (κ3) is 4.45. The van der Waals surface area contributed by atoms with E-state index < -0.39 is 0 Å². The quantitative estimate of drug-likeness (QED) is 0.923. The Morgan fingerprint density at radius 2 is 1.76 bits per heavy atom. The van der Waals surface area contributed by atoms with Gasteiger partial charge < -0.3 is 14.9 Å². The van der Waals surface area contributed by atoms with Crippen molar-refractivity contribution in [1.82, 2.24) is 9.80 Å². The van der Waals surface area contributed by atoms with E-state index >= 15 is 0 Å². The lowest BCUT2D eigenvalue weighted by molar-refractivity contribution is 0.153. The van der Waals surface area contributed by atoms with Gasteiger partial charge in [0.25, 0.3) is 0 Å². The van der Waals surface area contributed by atoms with E-state index in [1.807, 2.05) is 6.07 Å². The predicted molar refractivity (Wildman–Crippen MR) is 89.1 cm³/mol. The number of likely N-dealkylation sites (N-methyl/N-ethyl adjacent to an activating group) is 1. The second-order valence-corrected chi connectivity index (χ2v) is 7.31. The zero-order valence-corrected chi connectivity index (χ0v) is 14.0. The van der Waals surface area contributed by atoms with Crippen molar-refractivity contribution in [3.8, 4) is 5.75 Å². The lowest BCUT2D eigenvalue weighted by Crippen LogP contribution is -2.44. The molecule has 1 aromatic rings. The van der Waals surface area contributed by atoms with Crippen LogP contribution in [0, 0.1) is 0 Å². The average molecular weight is 290 g/mol. The molecule has 21 heavy (non-hydrogen) atoms. The Morgan fingerprint density at radius 1 is 1.10 bits per heavy atom. The van der Waals surface area contributed by atoms with Crippen LogP contribution in [0.25, 0.3) is 0 Å². The number of benzene rings is 1. The standard InChI is InChI=1S/C18H30N2O/c1-18(2,3)16-9-5-7-15(17(16)21)8-6-10-20-13-11-19(4)12-14-20/h5,7,9,21H,6,8,10-14H2,1-4H3. The summed E-state index contributed by atoms with van der Waals surface area (Å²) in [5.41, 5.74) is 2.15. The van der Waals surface area contributed by atoms with E-state index in [9.17, 15) is 5.11 Å². The van der Waals surface area contributed by atoms with Crippen LogP contribution in [-0.2, 0) is 11.8 Å². The molecule has 0 unspecified atom stereocenters. The third-order valence-corrected chi connectivity index (χ3v) is 4.44. The molecule has 0 aromatic heterocycles. The molecule has 1 saturated heterocycles. The number of para-hydroxylation sites is 1. The second-order valence-electron chi connectivity index (χ2n) is 7.31. The first-order valence-corrected chi connectivity index (χ1v) is 8.10. The third-order valence-electron chi connectivity index (χ3n) is 4.44. The van der Waals surface area contributed by atoms with Crippen molar-refractivity contribution in [2.75, 3.05) is 39.8 Å². The molecule has 0 bridgehead atoms. The van der Waals surface area contributed by atoms with Crippen molar-refractivity contribution in [3.05, 3.63) is 29.3 Å². The minimum atomic E-state index is -0.00243. The van der Waals surface area contributed by atoms with Crippen LogP contribution in [0.1, 0.15) is 38.3 Å². The summed E-state index contributed by atoms with van der Waals surface area (Å²) in [7, 11) is 2.19. The fraction of sp³-hybridized carbons (Fsp3) is 0.667. The Morgan fingerprint density at radius 3 is 2.38 bits per heavy atom. The van der Waals surface area contributed by atoms with E-state index in [0.29, 0.717) is 5.75 Å². The molecule has 118 valence electrons. The van der Waals surface area contributed by atoms with Gasteiger partial charge in [-0.2, -0.15) is 0 Å². The van der Waals surface area contributed by atoms with Gasteiger partial charge in [-0.3, -0.25) is 0 Å². The molecule has 3 heteroatoms. The molecule has 0 amide bonds. The van der Waals surface area contributed by atoms with Crippen molar-refractivity contribution in [3.63, 3.8) is 0 Å². The van der Waals surface area contributed by atoms with Gasteiger partial charge >= 0.3 is 0 Å². The molecule has 1 aliphatic heterocycles. The SMILES string of the molecule is CN1CCN(CCCc2cccc(C(C)(C)C)c2O)CC1. The zero-order chi connectivity index (χ0) is 15.5. The van der Waals surface area contributed by atoms with E-state index in [1.54, 1.807) is 0 Å². The van der Waals surface area contributed by atoms with Crippen LogP contribution in [0.3, 0.4) is 0 Å². The maximum atomic E-state index is 10.5. The van der Waals surface area contributed by atoms with Crippen LogP contribution in [0.5, 0.6) is 5.75 Å².